The van der Waals surface area contributed by atoms with E-state index in [9.17, 15) is 4.79 Å². The van der Waals surface area contributed by atoms with Gasteiger partial charge >= 0.3 is 0 Å². The van der Waals surface area contributed by atoms with Crippen LogP contribution in [0.1, 0.15) is 32.6 Å². The first-order chi connectivity index (χ1) is 5.75. The molecule has 12 heavy (non-hydrogen) atoms. The van der Waals surface area contributed by atoms with Gasteiger partial charge in [0.25, 0.3) is 0 Å². The summed E-state index contributed by atoms with van der Waals surface area (Å²) in [6, 6.07) is 0.593. The summed E-state index contributed by atoms with van der Waals surface area (Å²) in [7, 11) is 0. The van der Waals surface area contributed by atoms with E-state index in [1.165, 1.54) is 32.4 Å². The van der Waals surface area contributed by atoms with Gasteiger partial charge in [-0.1, -0.05) is 0 Å². The highest BCUT2D eigenvalue weighted by Gasteiger charge is 2.33. The first-order valence-electron chi connectivity index (χ1n) is 4.99. The van der Waals surface area contributed by atoms with Gasteiger partial charge in [0.1, 0.15) is 5.78 Å². The van der Waals surface area contributed by atoms with E-state index in [2.05, 4.69) is 4.90 Å². The van der Waals surface area contributed by atoms with Crippen molar-refractivity contribution in [1.82, 2.24) is 4.90 Å². The molecule has 3 saturated heterocycles. The Balaban J connectivity index is 1.95. The summed E-state index contributed by atoms with van der Waals surface area (Å²) in [5.41, 5.74) is 0. The Morgan fingerprint density at radius 3 is 2.50 bits per heavy atom. The van der Waals surface area contributed by atoms with Crippen molar-refractivity contribution >= 4 is 5.78 Å². The summed E-state index contributed by atoms with van der Waals surface area (Å²) in [6.07, 6.45) is 4.80. The predicted molar refractivity (Wildman–Crippen MR) is 48.0 cm³/mol. The minimum atomic E-state index is 0.354. The Morgan fingerprint density at radius 1 is 1.42 bits per heavy atom. The lowest BCUT2D eigenvalue weighted by molar-refractivity contribution is -0.119. The standard InChI is InChI=1S/C10H17NO/c1-8(12)6-10-7-9-2-4-11(10)5-3-9/h9-10H,2-7H2,1H3. The summed E-state index contributed by atoms with van der Waals surface area (Å²) >= 11 is 0. The molecule has 1 atom stereocenters. The molecule has 0 aromatic heterocycles. The highest BCUT2D eigenvalue weighted by atomic mass is 16.1. The molecule has 3 aliphatic heterocycles. The van der Waals surface area contributed by atoms with Gasteiger partial charge in [0.15, 0.2) is 0 Å². The highest BCUT2D eigenvalue weighted by Crippen LogP contribution is 2.33. The quantitative estimate of drug-likeness (QED) is 0.620. The number of rotatable bonds is 2. The van der Waals surface area contributed by atoms with Gasteiger partial charge in [0.05, 0.1) is 0 Å². The molecule has 3 aliphatic rings. The average molecular weight is 167 g/mol. The van der Waals surface area contributed by atoms with Crippen LogP contribution in [0.5, 0.6) is 0 Å². The van der Waals surface area contributed by atoms with Crippen LogP contribution in [-0.4, -0.2) is 29.8 Å². The maximum absolute atomic E-state index is 11.0. The number of nitrogens with zero attached hydrogens (tertiary/aromatic N) is 1. The lowest BCUT2D eigenvalue weighted by atomic mass is 9.82. The van der Waals surface area contributed by atoms with Crippen molar-refractivity contribution in [2.75, 3.05) is 13.1 Å². The Morgan fingerprint density at radius 2 is 2.08 bits per heavy atom. The zero-order valence-corrected chi connectivity index (χ0v) is 7.75. The Hall–Kier alpha value is -0.370. The van der Waals surface area contributed by atoms with Crippen LogP contribution in [0.25, 0.3) is 0 Å². The van der Waals surface area contributed by atoms with E-state index in [-0.39, 0.29) is 0 Å². The molecule has 3 rings (SSSR count). The third-order valence-corrected chi connectivity index (χ3v) is 3.29. The molecule has 2 nitrogen and oxygen atoms in total. The lowest BCUT2D eigenvalue weighted by Crippen LogP contribution is -2.49. The third-order valence-electron chi connectivity index (χ3n) is 3.29. The van der Waals surface area contributed by atoms with E-state index < -0.39 is 0 Å². The van der Waals surface area contributed by atoms with Gasteiger partial charge in [0.2, 0.25) is 0 Å². The van der Waals surface area contributed by atoms with Gasteiger partial charge in [-0.3, -0.25) is 9.69 Å². The monoisotopic (exact) mass is 167 g/mol. The van der Waals surface area contributed by atoms with Crippen LogP contribution in [0, 0.1) is 5.92 Å². The number of piperidine rings is 3. The van der Waals surface area contributed by atoms with Gasteiger partial charge in [-0.25, -0.2) is 0 Å². The van der Waals surface area contributed by atoms with Crippen molar-refractivity contribution < 1.29 is 4.79 Å². The molecule has 0 amide bonds. The van der Waals surface area contributed by atoms with Crippen molar-refractivity contribution in [3.8, 4) is 0 Å². The van der Waals surface area contributed by atoms with Crippen LogP contribution in [0.3, 0.4) is 0 Å². The van der Waals surface area contributed by atoms with Gasteiger partial charge in [-0.05, 0) is 45.2 Å². The van der Waals surface area contributed by atoms with Gasteiger partial charge in [-0.15, -0.1) is 0 Å². The summed E-state index contributed by atoms with van der Waals surface area (Å²) in [4.78, 5) is 13.5. The van der Waals surface area contributed by atoms with E-state index in [4.69, 9.17) is 0 Å². The number of carbonyl (C=O) groups is 1. The first kappa shape index (κ1) is 8.24. The molecule has 0 aliphatic carbocycles. The Kier molecular flexibility index (Phi) is 2.18. The van der Waals surface area contributed by atoms with Crippen molar-refractivity contribution in [3.63, 3.8) is 0 Å². The normalized spacial score (nSPS) is 39.9. The maximum atomic E-state index is 11.0. The van der Waals surface area contributed by atoms with Crippen LogP contribution in [0.4, 0.5) is 0 Å². The SMILES string of the molecule is CC(=O)CC1CC2CCN1CC2. The van der Waals surface area contributed by atoms with Crippen LogP contribution in [-0.2, 0) is 4.79 Å². The fourth-order valence-electron chi connectivity index (χ4n) is 2.63. The smallest absolute Gasteiger partial charge is 0.131 e. The zero-order chi connectivity index (χ0) is 8.55. The Bertz CT molecular complexity index is 182. The molecule has 0 saturated carbocycles. The molecule has 0 N–H and O–H groups in total. The largest absolute Gasteiger partial charge is 0.300 e. The number of ketones is 1. The summed E-state index contributed by atoms with van der Waals surface area (Å²) < 4.78 is 0. The van der Waals surface area contributed by atoms with Gasteiger partial charge in [-0.2, -0.15) is 0 Å². The lowest BCUT2D eigenvalue weighted by Gasteiger charge is -2.45. The fraction of sp³-hybridized carbons (Fsp3) is 0.900. The van der Waals surface area contributed by atoms with Crippen molar-refractivity contribution in [1.29, 1.82) is 0 Å². The van der Waals surface area contributed by atoms with Crippen molar-refractivity contribution in [2.45, 2.75) is 38.6 Å². The second-order valence-corrected chi connectivity index (χ2v) is 4.28. The average Bonchev–Trinajstić information content (AvgIpc) is 2.05. The first-order valence-corrected chi connectivity index (χ1v) is 4.99. The molecule has 2 bridgehead atoms. The number of Topliss-reactive ketones (excluding diaryl/α,β-unsaturated/α-hetero) is 1. The van der Waals surface area contributed by atoms with Crippen molar-refractivity contribution in [3.05, 3.63) is 0 Å². The van der Waals surface area contributed by atoms with Crippen molar-refractivity contribution in [2.24, 2.45) is 5.92 Å². The minimum absolute atomic E-state index is 0.354. The predicted octanol–water partition coefficient (Wildman–Crippen LogP) is 1.45. The van der Waals surface area contributed by atoms with Crippen LogP contribution < -0.4 is 0 Å². The molecule has 0 aromatic rings. The van der Waals surface area contributed by atoms with Crippen LogP contribution >= 0.6 is 0 Å². The molecule has 0 aromatic carbocycles. The van der Waals surface area contributed by atoms with Crippen LogP contribution in [0.15, 0.2) is 0 Å². The number of carbonyl (C=O) groups excluding carboxylic acids is 1. The second-order valence-electron chi connectivity index (χ2n) is 4.28. The number of fused-ring (bicyclic) bond motifs is 3. The molecule has 0 radical (unpaired) electrons. The summed E-state index contributed by atoms with van der Waals surface area (Å²) in [5, 5.41) is 0. The topological polar surface area (TPSA) is 20.3 Å². The maximum Gasteiger partial charge on any atom is 0.131 e. The van der Waals surface area contributed by atoms with Crippen LogP contribution in [0.2, 0.25) is 0 Å². The van der Waals surface area contributed by atoms with E-state index in [1.807, 2.05) is 0 Å². The molecule has 3 heterocycles. The molecule has 2 heteroatoms. The number of hydrogen-bond acceptors (Lipinski definition) is 2. The molecule has 0 spiro atoms. The Labute approximate surface area is 73.9 Å². The summed E-state index contributed by atoms with van der Waals surface area (Å²) in [6.45, 7) is 4.19. The number of hydrogen-bond donors (Lipinski definition) is 0. The van der Waals surface area contributed by atoms with E-state index >= 15 is 0 Å². The molecule has 3 fully saturated rings. The van der Waals surface area contributed by atoms with E-state index in [0.717, 1.165) is 12.3 Å². The highest BCUT2D eigenvalue weighted by molar-refractivity contribution is 5.76. The fourth-order valence-corrected chi connectivity index (χ4v) is 2.63. The molecule has 1 unspecified atom stereocenters. The second kappa shape index (κ2) is 3.17. The minimum Gasteiger partial charge on any atom is -0.300 e. The zero-order valence-electron chi connectivity index (χ0n) is 7.75. The molecular formula is C10H17NO. The molecular weight excluding hydrogens is 150 g/mol. The third kappa shape index (κ3) is 1.53. The van der Waals surface area contributed by atoms with E-state index in [0.29, 0.717) is 11.8 Å². The van der Waals surface area contributed by atoms with Gasteiger partial charge in [0, 0.05) is 12.5 Å². The van der Waals surface area contributed by atoms with Gasteiger partial charge < -0.3 is 0 Å². The molecule has 68 valence electrons. The van der Waals surface area contributed by atoms with E-state index in [1.54, 1.807) is 6.92 Å². The summed E-state index contributed by atoms with van der Waals surface area (Å²) in [5.74, 6) is 1.28.